The number of carbonyl (C=O) groups is 12. The molecule has 0 bridgehead atoms. The van der Waals surface area contributed by atoms with E-state index in [4.69, 9.17) is 10.5 Å². The van der Waals surface area contributed by atoms with Crippen molar-refractivity contribution < 1.29 is 77.6 Å². The van der Waals surface area contributed by atoms with Gasteiger partial charge in [-0.2, -0.15) is 0 Å². The fourth-order valence-corrected chi connectivity index (χ4v) is 11.2. The maximum absolute atomic E-state index is 15.0. The number of aromatic nitrogens is 1. The number of nitrogens with zero attached hydrogens (tertiary/aromatic N) is 1. The van der Waals surface area contributed by atoms with E-state index in [9.17, 15) is 72.9 Å². The van der Waals surface area contributed by atoms with E-state index in [2.05, 4.69) is 52.8 Å². The minimum atomic E-state index is -1.96. The summed E-state index contributed by atoms with van der Waals surface area (Å²) in [4.78, 5) is 176. The lowest BCUT2D eigenvalue weighted by atomic mass is 9.99. The zero-order valence-electron chi connectivity index (χ0n) is 54.1. The number of cyclic esters (lactones) is 1. The summed E-state index contributed by atoms with van der Waals surface area (Å²) in [5, 5.41) is 56.3. The van der Waals surface area contributed by atoms with Crippen LogP contribution in [0.3, 0.4) is 0 Å². The highest BCUT2D eigenvalue weighted by Gasteiger charge is 2.44. The molecule has 11 unspecified atom stereocenters. The third kappa shape index (κ3) is 20.0. The van der Waals surface area contributed by atoms with Crippen molar-refractivity contribution in [2.45, 2.75) is 147 Å². The summed E-state index contributed by atoms with van der Waals surface area (Å²) in [6.07, 6.45) is -0.740. The Labute approximate surface area is 554 Å². The Balaban J connectivity index is 1.30. The van der Waals surface area contributed by atoms with Crippen LogP contribution in [0.5, 0.6) is 5.75 Å². The van der Waals surface area contributed by atoms with Gasteiger partial charge in [0.15, 0.2) is 0 Å². The molecule has 3 heterocycles. The molecule has 0 radical (unpaired) electrons. The Morgan fingerprint density at radius 1 is 0.688 bits per heavy atom. The largest absolute Gasteiger partial charge is 0.508 e. The van der Waals surface area contributed by atoms with Crippen LogP contribution in [0, 0.1) is 18.8 Å². The van der Waals surface area contributed by atoms with Gasteiger partial charge < -0.3 is 83.5 Å². The Bertz CT molecular complexity index is 3670. The van der Waals surface area contributed by atoms with E-state index < -0.39 is 163 Å². The molecular formula is C68H84N12O16. The number of phenols is 1. The van der Waals surface area contributed by atoms with Gasteiger partial charge in [0.25, 0.3) is 0 Å². The van der Waals surface area contributed by atoms with E-state index in [-0.39, 0.29) is 55.9 Å². The third-order valence-electron chi connectivity index (χ3n) is 16.4. The van der Waals surface area contributed by atoms with Gasteiger partial charge in [0.05, 0.1) is 19.6 Å². The zero-order chi connectivity index (χ0) is 69.9. The molecule has 11 amide bonds. The number of para-hydroxylation sites is 1. The Kier molecular flexibility index (Phi) is 25.9. The van der Waals surface area contributed by atoms with Crippen LogP contribution in [0.15, 0.2) is 115 Å². The van der Waals surface area contributed by atoms with Gasteiger partial charge in [-0.3, -0.25) is 52.7 Å². The highest BCUT2D eigenvalue weighted by molar-refractivity contribution is 6.01. The number of esters is 1. The Hall–Kier alpha value is -10.5. The average molecular weight is 1330 g/mol. The molecule has 0 aliphatic carbocycles. The van der Waals surface area contributed by atoms with Crippen molar-refractivity contribution in [2.24, 2.45) is 17.6 Å². The lowest BCUT2D eigenvalue weighted by molar-refractivity contribution is -0.156. The number of rotatable bonds is 15. The predicted molar refractivity (Wildman–Crippen MR) is 349 cm³/mol. The fourth-order valence-electron chi connectivity index (χ4n) is 11.2. The lowest BCUT2D eigenvalue weighted by Gasteiger charge is -2.33. The summed E-state index contributed by atoms with van der Waals surface area (Å²) in [6.45, 7) is 7.79. The van der Waals surface area contributed by atoms with Gasteiger partial charge in [-0.25, -0.2) is 4.79 Å². The molecule has 2 fully saturated rings. The molecule has 2 aliphatic rings. The van der Waals surface area contributed by atoms with Crippen LogP contribution in [0.25, 0.3) is 17.0 Å². The van der Waals surface area contributed by atoms with Gasteiger partial charge >= 0.3 is 5.97 Å². The van der Waals surface area contributed by atoms with E-state index in [0.29, 0.717) is 27.6 Å². The van der Waals surface area contributed by atoms with E-state index in [1.165, 1.54) is 49.4 Å². The summed E-state index contributed by atoms with van der Waals surface area (Å²) in [5.41, 5.74) is 8.63. The number of hydrogen-bond acceptors (Lipinski definition) is 16. The number of nitrogens with one attached hydrogen (secondary N) is 10. The molecule has 96 heavy (non-hydrogen) atoms. The smallest absolute Gasteiger partial charge is 0.329 e. The Morgan fingerprint density at radius 3 is 1.98 bits per heavy atom. The summed E-state index contributed by atoms with van der Waals surface area (Å²) >= 11 is 0. The van der Waals surface area contributed by atoms with E-state index in [1.807, 2.05) is 0 Å². The second-order valence-corrected chi connectivity index (χ2v) is 24.6. The number of benzene rings is 4. The maximum atomic E-state index is 15.0. The number of amides is 11. The number of aromatic amines is 1. The van der Waals surface area contributed by atoms with Crippen LogP contribution >= 0.6 is 0 Å². The van der Waals surface area contributed by atoms with E-state index >= 15 is 0 Å². The molecule has 15 N–H and O–H groups in total. The minimum absolute atomic E-state index is 0.0105. The summed E-state index contributed by atoms with van der Waals surface area (Å²) in [5.74, 6) is -13.4. The maximum Gasteiger partial charge on any atom is 0.329 e. The average Bonchev–Trinajstić information content (AvgIpc) is 1.49. The number of aliphatic hydroxyl groups excluding tert-OH is 2. The molecule has 2 saturated heterocycles. The van der Waals surface area contributed by atoms with E-state index in [0.717, 1.165) is 16.5 Å². The van der Waals surface area contributed by atoms with Crippen LogP contribution in [0.1, 0.15) is 94.2 Å². The quantitative estimate of drug-likeness (QED) is 0.0481. The molecule has 28 nitrogen and oxygen atoms in total. The summed E-state index contributed by atoms with van der Waals surface area (Å²) < 4.78 is 5.91. The van der Waals surface area contributed by atoms with Gasteiger partial charge in [0.2, 0.25) is 65.0 Å². The van der Waals surface area contributed by atoms with Crippen LogP contribution in [0.2, 0.25) is 0 Å². The molecule has 2 aliphatic heterocycles. The van der Waals surface area contributed by atoms with E-state index in [1.54, 1.807) is 108 Å². The first-order valence-electron chi connectivity index (χ1n) is 31.6. The predicted octanol–water partition coefficient (Wildman–Crippen LogP) is -0.0852. The molecule has 1 aromatic heterocycles. The number of fused-ring (bicyclic) bond motifs is 2. The molecule has 4 aromatic carbocycles. The van der Waals surface area contributed by atoms with Gasteiger partial charge in [0.1, 0.15) is 72.3 Å². The zero-order valence-corrected chi connectivity index (χ0v) is 54.1. The first-order valence-corrected chi connectivity index (χ1v) is 31.6. The number of aryl methyl sites for hydroxylation is 1. The first-order chi connectivity index (χ1) is 45.7. The van der Waals surface area contributed by atoms with Crippen molar-refractivity contribution in [1.82, 2.24) is 57.7 Å². The molecule has 11 atom stereocenters. The normalized spacial score (nSPS) is 24.0. The number of aliphatic hydroxyl groups is 2. The number of carbonyl (C=O) groups excluding carboxylic acids is 12. The summed E-state index contributed by atoms with van der Waals surface area (Å²) in [7, 11) is 0. The van der Waals surface area contributed by atoms with Crippen molar-refractivity contribution in [1.29, 1.82) is 0 Å². The number of H-pyrrole nitrogens is 1. The molecule has 0 saturated carbocycles. The van der Waals surface area contributed by atoms with Crippen LogP contribution < -0.4 is 53.6 Å². The van der Waals surface area contributed by atoms with Gasteiger partial charge in [-0.1, -0.05) is 113 Å². The monoisotopic (exact) mass is 1320 g/mol. The van der Waals surface area contributed by atoms with Crippen LogP contribution in [-0.4, -0.2) is 176 Å². The first kappa shape index (κ1) is 72.9. The number of primary amides is 1. The number of phenolic OH excluding ortho intramolecular Hbond substituents is 1. The van der Waals surface area contributed by atoms with Crippen molar-refractivity contribution >= 4 is 87.9 Å². The molecular weight excluding hydrogens is 1240 g/mol. The van der Waals surface area contributed by atoms with Crippen LogP contribution in [-0.2, 0) is 75.1 Å². The van der Waals surface area contributed by atoms with Crippen molar-refractivity contribution in [2.75, 3.05) is 19.7 Å². The van der Waals surface area contributed by atoms with Gasteiger partial charge in [-0.15, -0.1) is 0 Å². The molecule has 0 spiro atoms. The third-order valence-corrected chi connectivity index (χ3v) is 16.4. The number of hydrogen-bond donors (Lipinski definition) is 14. The number of aromatic hydroxyl groups is 1. The Morgan fingerprint density at radius 2 is 1.30 bits per heavy atom. The van der Waals surface area contributed by atoms with Crippen molar-refractivity contribution in [3.63, 3.8) is 0 Å². The number of ether oxygens (including phenoxy) is 1. The van der Waals surface area contributed by atoms with Crippen LogP contribution in [0.4, 0.5) is 0 Å². The topological polar surface area (TPSA) is 428 Å². The lowest BCUT2D eigenvalue weighted by Crippen LogP contribution is -2.62. The minimum Gasteiger partial charge on any atom is -0.508 e. The molecule has 5 aromatic rings. The second kappa shape index (κ2) is 34.1. The fraction of sp³-hybridized carbons (Fsp3) is 0.412. The standard InChI is InChI=1S/C68H84N12O16/c1-36(2)29-47-60(87)75-50(30-40-22-25-44(82)26-23-40)68(95)96-39(6)57(77-54(84)27-24-41-16-11-10-15-38(41)5)66(93)76-51(35-81)63(90)73-48(31-43-33-70-46-20-13-12-19-45(43)46)61(88)74-49(32-53(69)83)62(89)79-58(59(86)42-17-8-7-9-18-42)67(94)80-28-14-21-52(80)64(91)78-56(37(3)4)65(92)71-34-55(85)72-47/h7-13,15-20,22-27,33,36-37,39,47-52,56-59,70,81-82,86H,14,21,28-32,34-35H2,1-6H3,(H2,69,83)(H,71,92)(H,72,85)(H,73,90)(H,74,88)(H,75,87)(H,76,93)(H,77,84)(H,78,91)(H,79,89). The van der Waals surface area contributed by atoms with Crippen molar-refractivity contribution in [3.8, 4) is 5.75 Å². The summed E-state index contributed by atoms with van der Waals surface area (Å²) in [6, 6.07) is 12.1. The molecule has 28 heteroatoms. The van der Waals surface area contributed by atoms with Crippen molar-refractivity contribution in [3.05, 3.63) is 143 Å². The SMILES string of the molecule is Cc1ccccc1C=CC(=O)NC1C(=O)NC(CO)C(=O)NC(Cc2c[nH]c3ccccc23)C(=O)NC(CC(N)=O)C(=O)NC(C(O)c2ccccc2)C(=O)N2CCCC2C(=O)NC(C(C)C)C(=O)NCC(=O)NC(CC(C)C)C(=O)NC(Cc2ccc(O)cc2)C(=O)OC1C. The highest BCUT2D eigenvalue weighted by atomic mass is 16.5. The molecule has 512 valence electrons. The van der Waals surface area contributed by atoms with Gasteiger partial charge in [-0.05, 0) is 97.0 Å². The molecule has 7 rings (SSSR count). The van der Waals surface area contributed by atoms with Gasteiger partial charge in [0, 0.05) is 42.6 Å². The highest BCUT2D eigenvalue weighted by Crippen LogP contribution is 2.26. The second-order valence-electron chi connectivity index (χ2n) is 24.6. The number of nitrogens with two attached hydrogens (primary N) is 1.